The molecule has 0 heterocycles. The second-order valence-electron chi connectivity index (χ2n) is 3.19. The summed E-state index contributed by atoms with van der Waals surface area (Å²) in [5.74, 6) is 0. The van der Waals surface area contributed by atoms with Crippen LogP contribution in [-0.4, -0.2) is 22.3 Å². The van der Waals surface area contributed by atoms with Gasteiger partial charge in [-0.3, -0.25) is 0 Å². The molecule has 0 bridgehead atoms. The first-order valence-electron chi connectivity index (χ1n) is 4.38. The van der Waals surface area contributed by atoms with Crippen molar-refractivity contribution >= 4 is 88.4 Å². The Morgan fingerprint density at radius 1 is 0.955 bits per heavy atom. The van der Waals surface area contributed by atoms with Gasteiger partial charge in [0.05, 0.1) is 25.8 Å². The Bertz CT molecular complexity index is 760. The van der Waals surface area contributed by atoms with Gasteiger partial charge in [-0.1, -0.05) is 64.1 Å². The molecule has 0 fully saturated rings. The summed E-state index contributed by atoms with van der Waals surface area (Å²) in [6.07, 6.45) is 0. The fourth-order valence-electron chi connectivity index (χ4n) is 1.04. The lowest BCUT2D eigenvalue weighted by atomic mass is 10.2. The SMILES string of the molecule is O.O=S(=O)(Cl)OS(=O)(=O)OC(Cl)(Cl)c1ccc(Cl)c(Cl)c1Cl. The molecule has 0 spiro atoms. The van der Waals surface area contributed by atoms with Crippen LogP contribution in [0.25, 0.3) is 0 Å². The van der Waals surface area contributed by atoms with Crippen molar-refractivity contribution in [3.05, 3.63) is 32.8 Å². The number of alkyl halides is 2. The summed E-state index contributed by atoms with van der Waals surface area (Å²) < 4.78 is 48.8. The lowest BCUT2D eigenvalue weighted by molar-refractivity contribution is 0.221. The van der Waals surface area contributed by atoms with E-state index in [1.54, 1.807) is 0 Å². The van der Waals surface area contributed by atoms with Crippen molar-refractivity contribution in [1.82, 2.24) is 0 Å². The van der Waals surface area contributed by atoms with Crippen LogP contribution in [0, 0.1) is 0 Å². The van der Waals surface area contributed by atoms with Crippen molar-refractivity contribution in [2.75, 3.05) is 0 Å². The minimum Gasteiger partial charge on any atom is -0.412 e. The van der Waals surface area contributed by atoms with Crippen LogP contribution in [0.15, 0.2) is 12.1 Å². The third-order valence-corrected chi connectivity index (χ3v) is 5.99. The first-order valence-corrected chi connectivity index (χ1v) is 9.84. The van der Waals surface area contributed by atoms with Gasteiger partial charge in [-0.15, -0.1) is 3.63 Å². The summed E-state index contributed by atoms with van der Waals surface area (Å²) in [6, 6.07) is 2.32. The summed E-state index contributed by atoms with van der Waals surface area (Å²) in [7, 11) is -5.49. The molecule has 128 valence electrons. The second kappa shape index (κ2) is 7.75. The minimum absolute atomic E-state index is 0. The third-order valence-electron chi connectivity index (χ3n) is 1.72. The lowest BCUT2D eigenvalue weighted by Gasteiger charge is -2.20. The van der Waals surface area contributed by atoms with Gasteiger partial charge in [0.2, 0.25) is 0 Å². The smallest absolute Gasteiger partial charge is 0.412 e. The standard InChI is InChI=1S/C7H2Cl6O6S2.H2O/c8-4-2-1-3(5(9)6(4)10)7(11,12)18-21(16,17)19-20(13,14)15;/h1-2H;1H2. The number of benzene rings is 1. The van der Waals surface area contributed by atoms with Crippen molar-refractivity contribution in [3.8, 4) is 0 Å². The van der Waals surface area contributed by atoms with E-state index in [1.807, 2.05) is 0 Å². The Morgan fingerprint density at radius 2 is 1.45 bits per heavy atom. The first kappa shape index (κ1) is 22.7. The molecule has 2 N–H and O–H groups in total. The molecule has 0 aliphatic carbocycles. The molecule has 1 rings (SSSR count). The van der Waals surface area contributed by atoms with E-state index >= 15 is 0 Å². The molecule has 15 heteroatoms. The van der Waals surface area contributed by atoms with Gasteiger partial charge in [0.1, 0.15) is 0 Å². The number of hydrogen-bond acceptors (Lipinski definition) is 6. The largest absolute Gasteiger partial charge is 0.418 e. The highest BCUT2D eigenvalue weighted by atomic mass is 35.7. The molecule has 0 amide bonds. The van der Waals surface area contributed by atoms with E-state index in [9.17, 15) is 16.8 Å². The lowest BCUT2D eigenvalue weighted by Crippen LogP contribution is -2.23. The predicted octanol–water partition coefficient (Wildman–Crippen LogP) is 3.17. The summed E-state index contributed by atoms with van der Waals surface area (Å²) in [5, 5.41) is -0.441. The highest BCUT2D eigenvalue weighted by Crippen LogP contribution is 2.44. The van der Waals surface area contributed by atoms with Crippen molar-refractivity contribution < 1.29 is 30.1 Å². The minimum atomic E-state index is -5.20. The van der Waals surface area contributed by atoms with Crippen LogP contribution >= 0.6 is 68.7 Å². The van der Waals surface area contributed by atoms with Crippen LogP contribution in [0.1, 0.15) is 5.56 Å². The van der Waals surface area contributed by atoms with E-state index < -0.39 is 24.3 Å². The monoisotopic (exact) mass is 474 g/mol. The molecule has 22 heavy (non-hydrogen) atoms. The molecule has 0 radical (unpaired) electrons. The van der Waals surface area contributed by atoms with Gasteiger partial charge in [0.25, 0.3) is 4.52 Å². The Morgan fingerprint density at radius 3 is 1.91 bits per heavy atom. The van der Waals surface area contributed by atoms with Crippen LogP contribution < -0.4 is 0 Å². The van der Waals surface area contributed by atoms with Crippen LogP contribution in [0.5, 0.6) is 0 Å². The van der Waals surface area contributed by atoms with Gasteiger partial charge in [0.15, 0.2) is 0 Å². The number of hydrogen-bond donors (Lipinski definition) is 0. The zero-order valence-corrected chi connectivity index (χ0v) is 15.9. The zero-order valence-electron chi connectivity index (χ0n) is 9.69. The molecule has 0 unspecified atom stereocenters. The van der Waals surface area contributed by atoms with E-state index in [1.165, 1.54) is 6.07 Å². The fourth-order valence-corrected chi connectivity index (χ4v) is 4.40. The van der Waals surface area contributed by atoms with Crippen molar-refractivity contribution in [2.45, 2.75) is 4.52 Å². The maximum atomic E-state index is 11.3. The van der Waals surface area contributed by atoms with Gasteiger partial charge < -0.3 is 5.48 Å². The highest BCUT2D eigenvalue weighted by molar-refractivity contribution is 8.14. The summed E-state index contributed by atoms with van der Waals surface area (Å²) in [5.41, 5.74) is -0.318. The Labute approximate surface area is 155 Å². The summed E-state index contributed by atoms with van der Waals surface area (Å²) >= 11 is 28.5. The van der Waals surface area contributed by atoms with Crippen molar-refractivity contribution in [3.63, 3.8) is 0 Å². The van der Waals surface area contributed by atoms with Gasteiger partial charge >= 0.3 is 19.7 Å². The highest BCUT2D eigenvalue weighted by Gasteiger charge is 2.39. The van der Waals surface area contributed by atoms with Gasteiger partial charge in [-0.25, -0.2) is 4.18 Å². The van der Waals surface area contributed by atoms with Crippen molar-refractivity contribution in [2.24, 2.45) is 0 Å². The van der Waals surface area contributed by atoms with E-state index in [-0.39, 0.29) is 26.1 Å². The summed E-state index contributed by atoms with van der Waals surface area (Å²) in [4.78, 5) is 0. The maximum Gasteiger partial charge on any atom is 0.418 e. The topological polar surface area (TPSA) is 118 Å². The quantitative estimate of drug-likeness (QED) is 0.366. The molecular weight excluding hydrogens is 473 g/mol. The Balaban J connectivity index is 0.00000441. The van der Waals surface area contributed by atoms with Crippen LogP contribution in [0.4, 0.5) is 0 Å². The molecule has 1 aromatic carbocycles. The number of halogens is 6. The van der Waals surface area contributed by atoms with E-state index in [2.05, 4.69) is 18.5 Å². The molecule has 0 aromatic heterocycles. The first-order chi connectivity index (χ1) is 9.25. The second-order valence-corrected chi connectivity index (χ2v) is 9.06. The Hall–Kier alpha value is 0.740. The molecule has 0 aliphatic rings. The molecule has 0 aliphatic heterocycles. The predicted molar refractivity (Wildman–Crippen MR) is 84.3 cm³/mol. The average Bonchev–Trinajstić information content (AvgIpc) is 2.20. The van der Waals surface area contributed by atoms with Crippen LogP contribution in [0.2, 0.25) is 15.1 Å². The van der Waals surface area contributed by atoms with Crippen LogP contribution in [0.3, 0.4) is 0 Å². The van der Waals surface area contributed by atoms with Gasteiger partial charge in [0, 0.05) is 5.56 Å². The Kier molecular flexibility index (Phi) is 8.01. The van der Waals surface area contributed by atoms with Gasteiger partial charge in [-0.2, -0.15) is 16.8 Å². The fraction of sp³-hybridized carbons (Fsp3) is 0.143. The zero-order chi connectivity index (χ0) is 16.6. The normalized spacial score (nSPS) is 12.8. The molecular formula is C7H4Cl6O7S2. The molecule has 0 saturated heterocycles. The maximum absolute atomic E-state index is 11.3. The summed E-state index contributed by atoms with van der Waals surface area (Å²) in [6.45, 7) is 0. The number of rotatable bonds is 5. The molecule has 7 nitrogen and oxygen atoms in total. The third kappa shape index (κ3) is 6.33. The van der Waals surface area contributed by atoms with Crippen LogP contribution in [-0.2, 0) is 32.1 Å². The van der Waals surface area contributed by atoms with Crippen molar-refractivity contribution in [1.29, 1.82) is 0 Å². The van der Waals surface area contributed by atoms with Gasteiger partial charge in [-0.05, 0) is 6.07 Å². The van der Waals surface area contributed by atoms with E-state index in [4.69, 9.17) is 58.0 Å². The molecule has 0 atom stereocenters. The molecule has 0 saturated carbocycles. The van der Waals surface area contributed by atoms with E-state index in [0.717, 1.165) is 6.07 Å². The molecule has 1 aromatic rings. The average molecular weight is 477 g/mol. The van der Waals surface area contributed by atoms with E-state index in [0.29, 0.717) is 0 Å².